The van der Waals surface area contributed by atoms with Crippen LogP contribution in [0.2, 0.25) is 0 Å². The van der Waals surface area contributed by atoms with E-state index in [0.29, 0.717) is 10.2 Å². The molecule has 3 aliphatic rings. The van der Waals surface area contributed by atoms with E-state index < -0.39 is 23.3 Å². The Kier molecular flexibility index (Phi) is 4.71. The molecule has 2 aromatic rings. The van der Waals surface area contributed by atoms with Crippen molar-refractivity contribution in [2.24, 2.45) is 17.3 Å². The lowest BCUT2D eigenvalue weighted by molar-refractivity contribution is -0.135. The van der Waals surface area contributed by atoms with Crippen molar-refractivity contribution in [3.8, 4) is 0 Å². The van der Waals surface area contributed by atoms with E-state index in [1.54, 1.807) is 6.07 Å². The molecule has 0 radical (unpaired) electrons. The van der Waals surface area contributed by atoms with Gasteiger partial charge in [0.1, 0.15) is 6.04 Å². The van der Waals surface area contributed by atoms with Crippen molar-refractivity contribution in [1.82, 2.24) is 4.90 Å². The second kappa shape index (κ2) is 7.14. The summed E-state index contributed by atoms with van der Waals surface area (Å²) in [6.45, 7) is 7.57. The predicted octanol–water partition coefficient (Wildman–Crippen LogP) is 4.89. The smallest absolute Gasteiger partial charge is 0.240 e. The van der Waals surface area contributed by atoms with Crippen molar-refractivity contribution in [2.45, 2.75) is 39.8 Å². The molecule has 2 amide bonds. The summed E-state index contributed by atoms with van der Waals surface area (Å²) < 4.78 is 0.693. The van der Waals surface area contributed by atoms with Crippen LogP contribution in [0.3, 0.4) is 0 Å². The van der Waals surface area contributed by atoms with Crippen LogP contribution >= 0.6 is 15.9 Å². The number of Topliss-reactive ketones (excluding diaryl/α,β-unsaturated/α-hetero) is 1. The zero-order chi connectivity index (χ0) is 22.9. The number of amides is 2. The number of rotatable bonds is 2. The van der Waals surface area contributed by atoms with Gasteiger partial charge in [-0.15, -0.1) is 0 Å². The van der Waals surface area contributed by atoms with Crippen LogP contribution in [-0.4, -0.2) is 28.5 Å². The fraction of sp³-hybridized carbons (Fsp3) is 0.346. The molecule has 5 rings (SSSR count). The molecule has 0 spiro atoms. The first kappa shape index (κ1) is 21.1. The maximum absolute atomic E-state index is 13.8. The highest BCUT2D eigenvalue weighted by Crippen LogP contribution is 2.54. The third kappa shape index (κ3) is 2.92. The first-order valence-corrected chi connectivity index (χ1v) is 11.6. The molecule has 4 atom stereocenters. The second-order valence-electron chi connectivity index (χ2n) is 9.91. The number of ketones is 1. The van der Waals surface area contributed by atoms with Gasteiger partial charge in [-0.25, -0.2) is 4.90 Å². The summed E-state index contributed by atoms with van der Waals surface area (Å²) >= 11 is 3.53. The molecule has 3 aliphatic heterocycles. The number of fused-ring (bicyclic) bond motifs is 5. The molecule has 0 aromatic heterocycles. The predicted molar refractivity (Wildman–Crippen MR) is 127 cm³/mol. The van der Waals surface area contributed by atoms with Crippen molar-refractivity contribution >= 4 is 45.3 Å². The van der Waals surface area contributed by atoms with E-state index in [9.17, 15) is 14.4 Å². The number of hydrogen-bond donors (Lipinski definition) is 0. The standard InChI is InChI=1S/C26H25BrN2O3/c1-14-9-10-18(17(27)13-14)29-24(31)19-20(25(29)32)22(23(30)26(2,3)4)28-12-11-15-7-5-6-8-16(15)21(19)28/h5-13,19-22H,1-4H3/t19-,20+,21?,22-/m0/s1. The summed E-state index contributed by atoms with van der Waals surface area (Å²) in [6, 6.07) is 12.5. The highest BCUT2D eigenvalue weighted by molar-refractivity contribution is 9.10. The fourth-order valence-corrected chi connectivity index (χ4v) is 6.00. The summed E-state index contributed by atoms with van der Waals surface area (Å²) in [4.78, 5) is 44.5. The Morgan fingerprint density at radius 1 is 1.00 bits per heavy atom. The Labute approximate surface area is 196 Å². The van der Waals surface area contributed by atoms with Crippen LogP contribution in [0.15, 0.2) is 53.1 Å². The Balaban J connectivity index is 1.68. The zero-order valence-electron chi connectivity index (χ0n) is 18.5. The fourth-order valence-electron chi connectivity index (χ4n) is 5.33. The minimum atomic E-state index is -0.719. The summed E-state index contributed by atoms with van der Waals surface area (Å²) in [5.41, 5.74) is 2.92. The van der Waals surface area contributed by atoms with Gasteiger partial charge in [0, 0.05) is 16.1 Å². The van der Waals surface area contributed by atoms with Crippen molar-refractivity contribution in [3.05, 3.63) is 69.8 Å². The van der Waals surface area contributed by atoms with E-state index >= 15 is 0 Å². The highest BCUT2D eigenvalue weighted by Gasteiger charge is 2.65. The van der Waals surface area contributed by atoms with Crippen LogP contribution in [0.4, 0.5) is 5.69 Å². The largest absolute Gasteiger partial charge is 0.359 e. The quantitative estimate of drug-likeness (QED) is 0.560. The van der Waals surface area contributed by atoms with Crippen LogP contribution in [0.1, 0.15) is 43.5 Å². The Morgan fingerprint density at radius 2 is 1.69 bits per heavy atom. The number of imide groups is 1. The molecular weight excluding hydrogens is 468 g/mol. The van der Waals surface area contributed by atoms with Gasteiger partial charge < -0.3 is 4.90 Å². The molecule has 1 unspecified atom stereocenters. The molecule has 0 N–H and O–H groups in total. The number of carbonyl (C=O) groups excluding carboxylic acids is 3. The number of aryl methyl sites for hydroxylation is 1. The third-order valence-electron chi connectivity index (χ3n) is 6.81. The SMILES string of the molecule is Cc1ccc(N2C(=O)[C@@H]3[C@H](C2=O)C2c4ccccc4C=CN2[C@@H]3C(=O)C(C)(C)C)c(Br)c1. The lowest BCUT2D eigenvalue weighted by Gasteiger charge is -2.37. The maximum atomic E-state index is 13.8. The molecule has 2 aromatic carbocycles. The minimum absolute atomic E-state index is 0.0231. The number of halogens is 1. The molecule has 0 aliphatic carbocycles. The first-order valence-electron chi connectivity index (χ1n) is 10.8. The molecule has 2 saturated heterocycles. The van der Waals surface area contributed by atoms with Crippen molar-refractivity contribution in [2.75, 3.05) is 4.90 Å². The van der Waals surface area contributed by atoms with E-state index in [2.05, 4.69) is 15.9 Å². The van der Waals surface area contributed by atoms with Crippen LogP contribution < -0.4 is 4.90 Å². The Hall–Kier alpha value is -2.73. The summed E-state index contributed by atoms with van der Waals surface area (Å²) in [6.07, 6.45) is 3.87. The van der Waals surface area contributed by atoms with Crippen molar-refractivity contribution < 1.29 is 14.4 Å². The van der Waals surface area contributed by atoms with Crippen molar-refractivity contribution in [3.63, 3.8) is 0 Å². The van der Waals surface area contributed by atoms with E-state index in [0.717, 1.165) is 16.7 Å². The lowest BCUT2D eigenvalue weighted by Crippen LogP contribution is -2.47. The van der Waals surface area contributed by atoms with Gasteiger partial charge in [0.05, 0.1) is 23.6 Å². The monoisotopic (exact) mass is 492 g/mol. The summed E-state index contributed by atoms with van der Waals surface area (Å²) in [5, 5.41) is 0. The van der Waals surface area contributed by atoms with Gasteiger partial charge in [-0.3, -0.25) is 14.4 Å². The number of anilines is 1. The number of carbonyl (C=O) groups is 3. The van der Waals surface area contributed by atoms with E-state index in [4.69, 9.17) is 0 Å². The summed E-state index contributed by atoms with van der Waals surface area (Å²) in [7, 11) is 0. The molecule has 6 heteroatoms. The summed E-state index contributed by atoms with van der Waals surface area (Å²) in [5.74, 6) is -1.90. The Bertz CT molecular complexity index is 1200. The highest BCUT2D eigenvalue weighted by atomic mass is 79.9. The van der Waals surface area contributed by atoms with Gasteiger partial charge in [0.25, 0.3) is 0 Å². The molecule has 164 valence electrons. The normalized spacial score (nSPS) is 26.3. The van der Waals surface area contributed by atoms with Crippen LogP contribution in [-0.2, 0) is 14.4 Å². The topological polar surface area (TPSA) is 57.7 Å². The van der Waals surface area contributed by atoms with Crippen LogP contribution in [0.25, 0.3) is 6.08 Å². The zero-order valence-corrected chi connectivity index (χ0v) is 20.1. The molecule has 2 fully saturated rings. The molecule has 5 nitrogen and oxygen atoms in total. The number of hydrogen-bond acceptors (Lipinski definition) is 4. The third-order valence-corrected chi connectivity index (χ3v) is 7.45. The van der Waals surface area contributed by atoms with E-state index in [-0.39, 0.29) is 23.6 Å². The molecular formula is C26H25BrN2O3. The Morgan fingerprint density at radius 3 is 2.38 bits per heavy atom. The van der Waals surface area contributed by atoms with Gasteiger partial charge in [0.15, 0.2) is 5.78 Å². The average Bonchev–Trinajstić information content (AvgIpc) is 3.20. The second-order valence-corrected chi connectivity index (χ2v) is 10.8. The van der Waals surface area contributed by atoms with Crippen LogP contribution in [0, 0.1) is 24.2 Å². The van der Waals surface area contributed by atoms with Gasteiger partial charge in [0.2, 0.25) is 11.8 Å². The average molecular weight is 493 g/mol. The first-order chi connectivity index (χ1) is 15.1. The molecule has 32 heavy (non-hydrogen) atoms. The van der Waals surface area contributed by atoms with Gasteiger partial charge in [-0.2, -0.15) is 0 Å². The van der Waals surface area contributed by atoms with Gasteiger partial charge in [-0.05, 0) is 57.8 Å². The molecule has 0 bridgehead atoms. The van der Waals surface area contributed by atoms with Gasteiger partial charge in [-0.1, -0.05) is 51.1 Å². The van der Waals surface area contributed by atoms with E-state index in [1.165, 1.54) is 4.90 Å². The molecule has 3 heterocycles. The van der Waals surface area contributed by atoms with E-state index in [1.807, 2.05) is 81.3 Å². The lowest BCUT2D eigenvalue weighted by atomic mass is 9.79. The van der Waals surface area contributed by atoms with Crippen molar-refractivity contribution in [1.29, 1.82) is 0 Å². The number of benzene rings is 2. The molecule has 0 saturated carbocycles. The number of nitrogens with zero attached hydrogens (tertiary/aromatic N) is 2. The minimum Gasteiger partial charge on any atom is -0.359 e. The maximum Gasteiger partial charge on any atom is 0.240 e. The van der Waals surface area contributed by atoms with Gasteiger partial charge >= 0.3 is 0 Å². The van der Waals surface area contributed by atoms with Crippen LogP contribution in [0.5, 0.6) is 0 Å².